The molecule has 0 amide bonds. The Kier molecular flexibility index (Phi) is 3.45. The van der Waals surface area contributed by atoms with Crippen molar-refractivity contribution in [3.8, 4) is 5.75 Å². The largest absolute Gasteiger partial charge is 0.434 e. The first-order valence-corrected chi connectivity index (χ1v) is 8.87. The summed E-state index contributed by atoms with van der Waals surface area (Å²) >= 11 is 11.7. The number of halogens is 3. The molecule has 4 nitrogen and oxygen atoms in total. The van der Waals surface area contributed by atoms with Crippen molar-refractivity contribution < 1.29 is 13.5 Å². The van der Waals surface area contributed by atoms with Gasteiger partial charge in [0.25, 0.3) is 0 Å². The van der Waals surface area contributed by atoms with Gasteiger partial charge < -0.3 is 14.6 Å². The average Bonchev–Trinajstić information content (AvgIpc) is 3.07. The van der Waals surface area contributed by atoms with E-state index in [1.807, 2.05) is 18.2 Å². The van der Waals surface area contributed by atoms with E-state index < -0.39 is 6.61 Å². The standard InChI is InChI=1S/C18H12ClF2N3OS/c19-8-4-5-10-12(6-8)24-13-7-11(16(24)22-10)23-17(26)9-2-1-3-14(15(9)13)25-18(20)21/h1-6,11,13,18H,7H2,(H,23,26)/t11-,13-/m1/s1. The number of ether oxygens (including phenoxy) is 1. The average molecular weight is 392 g/mol. The first-order chi connectivity index (χ1) is 12.5. The van der Waals surface area contributed by atoms with Crippen molar-refractivity contribution in [3.05, 3.63) is 58.4 Å². The first-order valence-electron chi connectivity index (χ1n) is 8.09. The molecule has 2 bridgehead atoms. The van der Waals surface area contributed by atoms with Crippen LogP contribution in [-0.4, -0.2) is 21.2 Å². The van der Waals surface area contributed by atoms with Crippen LogP contribution in [0.5, 0.6) is 5.75 Å². The van der Waals surface area contributed by atoms with Crippen LogP contribution < -0.4 is 10.1 Å². The highest BCUT2D eigenvalue weighted by atomic mass is 35.5. The molecule has 2 aliphatic heterocycles. The number of fused-ring (bicyclic) bond motifs is 9. The lowest BCUT2D eigenvalue weighted by atomic mass is 9.98. The summed E-state index contributed by atoms with van der Waals surface area (Å²) in [7, 11) is 0. The molecule has 5 rings (SSSR count). The Morgan fingerprint density at radius 2 is 2.15 bits per heavy atom. The van der Waals surface area contributed by atoms with Crippen LogP contribution in [0.2, 0.25) is 5.02 Å². The molecule has 2 aliphatic rings. The predicted molar refractivity (Wildman–Crippen MR) is 98.1 cm³/mol. The van der Waals surface area contributed by atoms with E-state index in [-0.39, 0.29) is 17.8 Å². The normalized spacial score (nSPS) is 20.7. The molecule has 0 fully saturated rings. The highest BCUT2D eigenvalue weighted by Gasteiger charge is 2.41. The smallest absolute Gasteiger partial charge is 0.387 e. The summed E-state index contributed by atoms with van der Waals surface area (Å²) in [6.07, 6.45) is 0.654. The molecule has 2 aromatic carbocycles. The fourth-order valence-electron chi connectivity index (χ4n) is 3.98. The third-order valence-corrected chi connectivity index (χ3v) is 5.50. The number of thiocarbonyl (C=S) groups is 1. The topological polar surface area (TPSA) is 39.1 Å². The molecule has 8 heteroatoms. The van der Waals surface area contributed by atoms with Gasteiger partial charge in [-0.05, 0) is 30.7 Å². The maximum atomic E-state index is 13.0. The molecule has 3 aromatic rings. The first kappa shape index (κ1) is 16.0. The van der Waals surface area contributed by atoms with Gasteiger partial charge in [0.15, 0.2) is 0 Å². The van der Waals surface area contributed by atoms with Gasteiger partial charge in [-0.3, -0.25) is 0 Å². The maximum Gasteiger partial charge on any atom is 0.387 e. The maximum absolute atomic E-state index is 13.0. The minimum Gasteiger partial charge on any atom is -0.434 e. The van der Waals surface area contributed by atoms with E-state index >= 15 is 0 Å². The third kappa shape index (κ3) is 2.23. The van der Waals surface area contributed by atoms with Crippen molar-refractivity contribution in [3.63, 3.8) is 0 Å². The molecular weight excluding hydrogens is 380 g/mol. The number of alkyl halides is 2. The number of nitrogens with one attached hydrogen (secondary N) is 1. The second kappa shape index (κ2) is 5.62. The molecule has 0 radical (unpaired) electrons. The monoisotopic (exact) mass is 391 g/mol. The SMILES string of the molecule is FC(F)Oc1cccc2c1[C@H]1C[C@@H](NC2=S)c2nc3ccc(Cl)cc3n21. The number of nitrogens with zero attached hydrogens (tertiary/aromatic N) is 2. The summed E-state index contributed by atoms with van der Waals surface area (Å²) in [4.78, 5) is 5.23. The van der Waals surface area contributed by atoms with E-state index in [0.29, 0.717) is 27.6 Å². The summed E-state index contributed by atoms with van der Waals surface area (Å²) in [6, 6.07) is 10.2. The molecular formula is C18H12ClF2N3OS. The van der Waals surface area contributed by atoms with E-state index in [1.165, 1.54) is 0 Å². The van der Waals surface area contributed by atoms with E-state index in [1.54, 1.807) is 18.2 Å². The molecule has 0 aliphatic carbocycles. The van der Waals surface area contributed by atoms with Crippen LogP contribution in [0.25, 0.3) is 11.0 Å². The number of imidazole rings is 1. The van der Waals surface area contributed by atoms with E-state index in [9.17, 15) is 8.78 Å². The lowest BCUT2D eigenvalue weighted by Gasteiger charge is -2.22. The van der Waals surface area contributed by atoms with E-state index in [4.69, 9.17) is 33.5 Å². The fraction of sp³-hybridized carbons (Fsp3) is 0.222. The number of rotatable bonds is 2. The summed E-state index contributed by atoms with van der Waals surface area (Å²) in [5.41, 5.74) is 3.04. The van der Waals surface area contributed by atoms with Gasteiger partial charge in [0.05, 0.1) is 23.1 Å². The lowest BCUT2D eigenvalue weighted by molar-refractivity contribution is -0.0506. The summed E-state index contributed by atoms with van der Waals surface area (Å²) in [5.74, 6) is 0.969. The molecule has 1 aromatic heterocycles. The molecule has 0 saturated heterocycles. The highest BCUT2D eigenvalue weighted by molar-refractivity contribution is 7.80. The van der Waals surface area contributed by atoms with Crippen molar-refractivity contribution in [1.82, 2.24) is 14.9 Å². The van der Waals surface area contributed by atoms with E-state index in [0.717, 1.165) is 16.9 Å². The Morgan fingerprint density at radius 3 is 2.96 bits per heavy atom. The zero-order valence-electron chi connectivity index (χ0n) is 13.2. The lowest BCUT2D eigenvalue weighted by Crippen LogP contribution is -2.27. The number of hydrogen-bond donors (Lipinski definition) is 1. The van der Waals surface area contributed by atoms with Gasteiger partial charge in [0.2, 0.25) is 0 Å². The minimum absolute atomic E-state index is 0.0922. The van der Waals surface area contributed by atoms with Gasteiger partial charge in [-0.2, -0.15) is 8.78 Å². The Balaban J connectivity index is 1.79. The molecule has 0 spiro atoms. The zero-order chi connectivity index (χ0) is 18.0. The highest BCUT2D eigenvalue weighted by Crippen LogP contribution is 2.47. The van der Waals surface area contributed by atoms with Crippen LogP contribution in [0.3, 0.4) is 0 Å². The summed E-state index contributed by atoms with van der Waals surface area (Å²) in [6.45, 7) is -2.91. The van der Waals surface area contributed by atoms with Gasteiger partial charge in [-0.25, -0.2) is 4.98 Å². The van der Waals surface area contributed by atoms with Crippen molar-refractivity contribution in [2.45, 2.75) is 25.1 Å². The molecule has 3 heterocycles. The van der Waals surface area contributed by atoms with Gasteiger partial charge in [-0.1, -0.05) is 36.0 Å². The van der Waals surface area contributed by atoms with Crippen LogP contribution in [0.1, 0.15) is 35.5 Å². The van der Waals surface area contributed by atoms with Crippen LogP contribution in [-0.2, 0) is 0 Å². The van der Waals surface area contributed by atoms with Crippen molar-refractivity contribution in [1.29, 1.82) is 0 Å². The molecule has 26 heavy (non-hydrogen) atoms. The third-order valence-electron chi connectivity index (χ3n) is 4.93. The Labute approximate surface area is 157 Å². The predicted octanol–water partition coefficient (Wildman–Crippen LogP) is 4.60. The number of benzene rings is 2. The Bertz CT molecular complexity index is 1070. The van der Waals surface area contributed by atoms with Crippen molar-refractivity contribution in [2.24, 2.45) is 0 Å². The molecule has 1 N–H and O–H groups in total. The summed E-state index contributed by atoms with van der Waals surface area (Å²) in [5, 5.41) is 3.91. The van der Waals surface area contributed by atoms with Crippen LogP contribution in [0, 0.1) is 0 Å². The van der Waals surface area contributed by atoms with E-state index in [2.05, 4.69) is 9.88 Å². The Morgan fingerprint density at radius 1 is 1.31 bits per heavy atom. The van der Waals surface area contributed by atoms with Crippen LogP contribution >= 0.6 is 23.8 Å². The van der Waals surface area contributed by atoms with Crippen molar-refractivity contribution in [2.75, 3.05) is 0 Å². The number of hydrogen-bond acceptors (Lipinski definition) is 3. The zero-order valence-corrected chi connectivity index (χ0v) is 14.8. The van der Waals surface area contributed by atoms with Gasteiger partial charge in [0, 0.05) is 16.1 Å². The fourth-order valence-corrected chi connectivity index (χ4v) is 4.47. The minimum atomic E-state index is -2.91. The van der Waals surface area contributed by atoms with Gasteiger partial charge in [0.1, 0.15) is 16.6 Å². The van der Waals surface area contributed by atoms with Crippen molar-refractivity contribution >= 4 is 39.8 Å². The van der Waals surface area contributed by atoms with Crippen LogP contribution in [0.15, 0.2) is 36.4 Å². The quantitative estimate of drug-likeness (QED) is 0.648. The summed E-state index contributed by atoms with van der Waals surface area (Å²) < 4.78 is 32.8. The second-order valence-electron chi connectivity index (χ2n) is 6.35. The number of aromatic nitrogens is 2. The second-order valence-corrected chi connectivity index (χ2v) is 7.19. The molecule has 0 saturated carbocycles. The van der Waals surface area contributed by atoms with Crippen LogP contribution in [0.4, 0.5) is 8.78 Å². The Hall–Kier alpha value is -2.25. The van der Waals surface area contributed by atoms with Gasteiger partial charge >= 0.3 is 6.61 Å². The molecule has 132 valence electrons. The van der Waals surface area contributed by atoms with Gasteiger partial charge in [-0.15, -0.1) is 0 Å². The molecule has 0 unspecified atom stereocenters. The molecule has 2 atom stereocenters.